The molecule has 1 aliphatic heterocycles. The molecule has 3 nitrogen and oxygen atoms in total. The van der Waals surface area contributed by atoms with Gasteiger partial charge in [-0.05, 0) is 49.1 Å². The number of anilines is 1. The van der Waals surface area contributed by atoms with Gasteiger partial charge in [0.15, 0.2) is 0 Å². The minimum absolute atomic E-state index is 0.103. The Balaban J connectivity index is 1.77. The first kappa shape index (κ1) is 10.8. The lowest BCUT2D eigenvalue weighted by Gasteiger charge is -2.18. The standard InChI is InChI=1S/C14H18N2O/c1-14(5-6-14)13(17)16-12-3-2-10-4-7-15-9-11(10)8-12/h2-3,8,15H,4-7,9H2,1H3,(H,16,17). The molecule has 90 valence electrons. The fraction of sp³-hybridized carbons (Fsp3) is 0.500. The molecule has 0 spiro atoms. The minimum Gasteiger partial charge on any atom is -0.326 e. The SMILES string of the molecule is CC1(C(=O)Nc2ccc3c(c2)CNCC3)CC1. The lowest BCUT2D eigenvalue weighted by Crippen LogP contribution is -2.25. The van der Waals surface area contributed by atoms with E-state index in [0.29, 0.717) is 0 Å². The summed E-state index contributed by atoms with van der Waals surface area (Å²) in [4.78, 5) is 11.9. The smallest absolute Gasteiger partial charge is 0.230 e. The minimum atomic E-state index is -0.103. The van der Waals surface area contributed by atoms with Crippen LogP contribution in [0.5, 0.6) is 0 Å². The highest BCUT2D eigenvalue weighted by atomic mass is 16.2. The molecule has 0 atom stereocenters. The van der Waals surface area contributed by atoms with Crippen LogP contribution < -0.4 is 10.6 Å². The predicted molar refractivity (Wildman–Crippen MR) is 67.8 cm³/mol. The third-order valence-electron chi connectivity index (χ3n) is 3.90. The normalized spacial score (nSPS) is 20.5. The summed E-state index contributed by atoms with van der Waals surface area (Å²) in [5.74, 6) is 0.168. The Bertz CT molecular complexity index is 463. The largest absolute Gasteiger partial charge is 0.326 e. The van der Waals surface area contributed by atoms with E-state index in [0.717, 1.165) is 38.0 Å². The van der Waals surface area contributed by atoms with Crippen LogP contribution in [0.2, 0.25) is 0 Å². The van der Waals surface area contributed by atoms with Crippen molar-refractivity contribution in [2.45, 2.75) is 32.7 Å². The van der Waals surface area contributed by atoms with E-state index in [1.165, 1.54) is 11.1 Å². The molecule has 1 heterocycles. The van der Waals surface area contributed by atoms with Crippen LogP contribution in [0, 0.1) is 5.41 Å². The molecule has 3 rings (SSSR count). The van der Waals surface area contributed by atoms with Crippen LogP contribution in [-0.2, 0) is 17.8 Å². The summed E-state index contributed by atoms with van der Waals surface area (Å²) >= 11 is 0. The summed E-state index contributed by atoms with van der Waals surface area (Å²) < 4.78 is 0. The van der Waals surface area contributed by atoms with Gasteiger partial charge in [0.2, 0.25) is 5.91 Å². The van der Waals surface area contributed by atoms with Gasteiger partial charge in [-0.15, -0.1) is 0 Å². The molecule has 0 radical (unpaired) electrons. The van der Waals surface area contributed by atoms with Crippen LogP contribution in [0.4, 0.5) is 5.69 Å². The highest BCUT2D eigenvalue weighted by molar-refractivity contribution is 5.96. The summed E-state index contributed by atoms with van der Waals surface area (Å²) in [6.45, 7) is 4.00. The molecule has 0 unspecified atom stereocenters. The van der Waals surface area contributed by atoms with Gasteiger partial charge in [0.05, 0.1) is 0 Å². The van der Waals surface area contributed by atoms with Crippen molar-refractivity contribution in [2.24, 2.45) is 5.41 Å². The number of benzene rings is 1. The topological polar surface area (TPSA) is 41.1 Å². The average Bonchev–Trinajstić information content (AvgIpc) is 3.09. The zero-order valence-corrected chi connectivity index (χ0v) is 10.2. The number of nitrogens with one attached hydrogen (secondary N) is 2. The van der Waals surface area contributed by atoms with E-state index in [1.54, 1.807) is 0 Å². The van der Waals surface area contributed by atoms with E-state index in [9.17, 15) is 4.79 Å². The van der Waals surface area contributed by atoms with E-state index in [-0.39, 0.29) is 11.3 Å². The van der Waals surface area contributed by atoms with Gasteiger partial charge in [0.1, 0.15) is 0 Å². The van der Waals surface area contributed by atoms with Crippen LogP contribution in [0.15, 0.2) is 18.2 Å². The van der Waals surface area contributed by atoms with E-state index >= 15 is 0 Å². The first-order chi connectivity index (χ1) is 8.17. The van der Waals surface area contributed by atoms with E-state index in [4.69, 9.17) is 0 Å². The molecule has 1 fully saturated rings. The van der Waals surface area contributed by atoms with Gasteiger partial charge in [-0.1, -0.05) is 13.0 Å². The summed E-state index contributed by atoms with van der Waals surface area (Å²) in [6, 6.07) is 6.26. The Morgan fingerprint density at radius 3 is 2.94 bits per heavy atom. The van der Waals surface area contributed by atoms with Crippen LogP contribution in [0.1, 0.15) is 30.9 Å². The Labute approximate surface area is 102 Å². The Morgan fingerprint density at radius 1 is 1.35 bits per heavy atom. The Hall–Kier alpha value is -1.35. The van der Waals surface area contributed by atoms with Gasteiger partial charge in [-0.2, -0.15) is 0 Å². The van der Waals surface area contributed by atoms with Crippen molar-refractivity contribution in [2.75, 3.05) is 11.9 Å². The van der Waals surface area contributed by atoms with Crippen molar-refractivity contribution in [1.82, 2.24) is 5.32 Å². The van der Waals surface area contributed by atoms with Crippen molar-refractivity contribution < 1.29 is 4.79 Å². The molecule has 1 saturated carbocycles. The summed E-state index contributed by atoms with van der Waals surface area (Å²) in [5.41, 5.74) is 3.55. The molecule has 1 aromatic carbocycles. The molecule has 1 aliphatic carbocycles. The van der Waals surface area contributed by atoms with Gasteiger partial charge in [0, 0.05) is 17.6 Å². The maximum atomic E-state index is 11.9. The predicted octanol–water partition coefficient (Wildman–Crippen LogP) is 2.07. The molecule has 3 heteroatoms. The van der Waals surface area contributed by atoms with Gasteiger partial charge < -0.3 is 10.6 Å². The third kappa shape index (κ3) is 2.07. The number of rotatable bonds is 2. The van der Waals surface area contributed by atoms with Crippen LogP contribution in [0.25, 0.3) is 0 Å². The van der Waals surface area contributed by atoms with Crippen molar-refractivity contribution >= 4 is 11.6 Å². The van der Waals surface area contributed by atoms with Gasteiger partial charge >= 0.3 is 0 Å². The van der Waals surface area contributed by atoms with Crippen LogP contribution in [0.3, 0.4) is 0 Å². The summed E-state index contributed by atoms with van der Waals surface area (Å²) in [7, 11) is 0. The van der Waals surface area contributed by atoms with Gasteiger partial charge in [-0.3, -0.25) is 4.79 Å². The van der Waals surface area contributed by atoms with E-state index < -0.39 is 0 Å². The maximum absolute atomic E-state index is 11.9. The molecule has 0 aromatic heterocycles. The second kappa shape index (κ2) is 3.84. The average molecular weight is 230 g/mol. The van der Waals surface area contributed by atoms with E-state index in [2.05, 4.69) is 22.8 Å². The molecule has 1 aromatic rings. The lowest BCUT2D eigenvalue weighted by molar-refractivity contribution is -0.120. The first-order valence-electron chi connectivity index (χ1n) is 6.31. The molecule has 2 N–H and O–H groups in total. The Kier molecular flexibility index (Phi) is 2.44. The fourth-order valence-corrected chi connectivity index (χ4v) is 2.25. The van der Waals surface area contributed by atoms with Crippen molar-refractivity contribution in [3.05, 3.63) is 29.3 Å². The second-order valence-electron chi connectivity index (χ2n) is 5.43. The van der Waals surface area contributed by atoms with Crippen molar-refractivity contribution in [3.63, 3.8) is 0 Å². The lowest BCUT2D eigenvalue weighted by atomic mass is 10.0. The maximum Gasteiger partial charge on any atom is 0.230 e. The monoisotopic (exact) mass is 230 g/mol. The van der Waals surface area contributed by atoms with Gasteiger partial charge in [-0.25, -0.2) is 0 Å². The number of amides is 1. The molecule has 0 saturated heterocycles. The summed E-state index contributed by atoms with van der Waals surface area (Å²) in [6.07, 6.45) is 3.12. The summed E-state index contributed by atoms with van der Waals surface area (Å²) in [5, 5.41) is 6.38. The Morgan fingerprint density at radius 2 is 2.18 bits per heavy atom. The molecular formula is C14H18N2O. The zero-order valence-electron chi connectivity index (χ0n) is 10.2. The zero-order chi connectivity index (χ0) is 11.9. The number of carbonyl (C=O) groups is 1. The molecule has 0 bridgehead atoms. The van der Waals surface area contributed by atoms with Crippen molar-refractivity contribution in [1.29, 1.82) is 0 Å². The third-order valence-corrected chi connectivity index (χ3v) is 3.90. The van der Waals surface area contributed by atoms with E-state index in [1.807, 2.05) is 13.0 Å². The number of fused-ring (bicyclic) bond motifs is 1. The second-order valence-corrected chi connectivity index (χ2v) is 5.43. The quantitative estimate of drug-likeness (QED) is 0.816. The molecule has 2 aliphatic rings. The highest BCUT2D eigenvalue weighted by Gasteiger charge is 2.44. The van der Waals surface area contributed by atoms with Gasteiger partial charge in [0.25, 0.3) is 0 Å². The number of carbonyl (C=O) groups excluding carboxylic acids is 1. The highest BCUT2D eigenvalue weighted by Crippen LogP contribution is 2.45. The molecule has 1 amide bonds. The fourth-order valence-electron chi connectivity index (χ4n) is 2.25. The van der Waals surface area contributed by atoms with Crippen molar-refractivity contribution in [3.8, 4) is 0 Å². The molecule has 17 heavy (non-hydrogen) atoms. The number of hydrogen-bond acceptors (Lipinski definition) is 2. The van der Waals surface area contributed by atoms with Crippen LogP contribution >= 0.6 is 0 Å². The first-order valence-corrected chi connectivity index (χ1v) is 6.31. The molecular weight excluding hydrogens is 212 g/mol. The van der Waals surface area contributed by atoms with Crippen LogP contribution in [-0.4, -0.2) is 12.5 Å². The number of hydrogen-bond donors (Lipinski definition) is 2.